The summed E-state index contributed by atoms with van der Waals surface area (Å²) in [5.41, 5.74) is -1.48. The molecule has 1 amide bonds. The second kappa shape index (κ2) is 6.14. The van der Waals surface area contributed by atoms with Crippen molar-refractivity contribution >= 4 is 58.1 Å². The van der Waals surface area contributed by atoms with Gasteiger partial charge in [-0.3, -0.25) is 19.7 Å². The van der Waals surface area contributed by atoms with E-state index in [4.69, 9.17) is 39.5 Å². The van der Waals surface area contributed by atoms with Crippen molar-refractivity contribution in [2.24, 2.45) is 5.41 Å². The van der Waals surface area contributed by atoms with Gasteiger partial charge in [0.15, 0.2) is 6.61 Å². The third-order valence-electron chi connectivity index (χ3n) is 3.47. The Morgan fingerprint density at radius 3 is 2.57 bits per heavy atom. The van der Waals surface area contributed by atoms with Gasteiger partial charge in [0.2, 0.25) is 0 Å². The number of halogens is 3. The zero-order valence-corrected chi connectivity index (χ0v) is 14.0. The number of nitro benzene ring substituents is 1. The third kappa shape index (κ3) is 3.68. The summed E-state index contributed by atoms with van der Waals surface area (Å²) in [6.45, 7) is 0.912. The summed E-state index contributed by atoms with van der Waals surface area (Å²) < 4.78 is 3.65. The van der Waals surface area contributed by atoms with Crippen molar-refractivity contribution in [2.45, 2.75) is 17.7 Å². The standard InChI is InChI=1S/C13H11Cl3N2O5/c1-12(6-13(12,15)16)11(20)23-5-10(19)17-8-3-2-7(14)4-9(8)18(21)22/h2-4H,5-6H2,1H3,(H,17,19)/t12-/m0/s1. The van der Waals surface area contributed by atoms with Crippen LogP contribution < -0.4 is 5.32 Å². The second-order valence-corrected chi connectivity index (χ2v) is 7.18. The Morgan fingerprint density at radius 2 is 2.04 bits per heavy atom. The Morgan fingerprint density at radius 1 is 1.43 bits per heavy atom. The lowest BCUT2D eigenvalue weighted by Gasteiger charge is -2.12. The first-order chi connectivity index (χ1) is 10.6. The minimum absolute atomic E-state index is 0.0536. The van der Waals surface area contributed by atoms with Gasteiger partial charge in [0.25, 0.3) is 11.6 Å². The monoisotopic (exact) mass is 380 g/mol. The molecule has 0 heterocycles. The predicted molar refractivity (Wildman–Crippen MR) is 84.9 cm³/mol. The van der Waals surface area contributed by atoms with Crippen molar-refractivity contribution in [3.8, 4) is 0 Å². The van der Waals surface area contributed by atoms with Crippen LogP contribution in [0.4, 0.5) is 11.4 Å². The molecule has 2 rings (SSSR count). The molecule has 0 aromatic heterocycles. The lowest BCUT2D eigenvalue weighted by atomic mass is 10.1. The van der Waals surface area contributed by atoms with Crippen LogP contribution in [0.25, 0.3) is 0 Å². The number of rotatable bonds is 5. The first-order valence-electron chi connectivity index (χ1n) is 6.36. The van der Waals surface area contributed by atoms with Crippen molar-refractivity contribution in [3.63, 3.8) is 0 Å². The van der Waals surface area contributed by atoms with Gasteiger partial charge in [0.05, 0.1) is 4.92 Å². The molecule has 1 N–H and O–H groups in total. The summed E-state index contributed by atoms with van der Waals surface area (Å²) in [7, 11) is 0. The normalized spacial score (nSPS) is 21.4. The highest BCUT2D eigenvalue weighted by molar-refractivity contribution is 6.53. The molecule has 0 spiro atoms. The van der Waals surface area contributed by atoms with Gasteiger partial charge in [0.1, 0.15) is 15.4 Å². The molecule has 7 nitrogen and oxygen atoms in total. The van der Waals surface area contributed by atoms with Crippen LogP contribution in [0.15, 0.2) is 18.2 Å². The van der Waals surface area contributed by atoms with Crippen LogP contribution in [-0.2, 0) is 14.3 Å². The number of hydrogen-bond donors (Lipinski definition) is 1. The zero-order chi connectivity index (χ0) is 17.4. The Labute approximate surface area is 146 Å². The van der Waals surface area contributed by atoms with Crippen molar-refractivity contribution < 1.29 is 19.2 Å². The molecule has 0 unspecified atom stereocenters. The van der Waals surface area contributed by atoms with E-state index < -0.39 is 33.2 Å². The summed E-state index contributed by atoms with van der Waals surface area (Å²) >= 11 is 17.3. The highest BCUT2D eigenvalue weighted by Crippen LogP contribution is 2.64. The minimum atomic E-state index is -1.20. The number of nitrogens with one attached hydrogen (secondary N) is 1. The van der Waals surface area contributed by atoms with E-state index in [1.54, 1.807) is 0 Å². The van der Waals surface area contributed by atoms with Gasteiger partial charge in [-0.05, 0) is 19.1 Å². The Bertz CT molecular complexity index is 694. The molecular weight excluding hydrogens is 371 g/mol. The molecule has 0 radical (unpaired) electrons. The van der Waals surface area contributed by atoms with E-state index in [2.05, 4.69) is 5.32 Å². The molecule has 0 bridgehead atoms. The van der Waals surface area contributed by atoms with E-state index in [9.17, 15) is 19.7 Å². The largest absolute Gasteiger partial charge is 0.455 e. The average Bonchev–Trinajstić information content (AvgIpc) is 2.98. The fourth-order valence-electron chi connectivity index (χ4n) is 1.86. The maximum atomic E-state index is 11.8. The van der Waals surface area contributed by atoms with Crippen LogP contribution in [0, 0.1) is 15.5 Å². The molecule has 124 valence electrons. The van der Waals surface area contributed by atoms with Crippen molar-refractivity contribution in [3.05, 3.63) is 33.3 Å². The summed E-state index contributed by atoms with van der Waals surface area (Å²) in [4.78, 5) is 33.8. The van der Waals surface area contributed by atoms with Gasteiger partial charge in [-0.2, -0.15) is 0 Å². The van der Waals surface area contributed by atoms with Gasteiger partial charge in [-0.15, -0.1) is 23.2 Å². The summed E-state index contributed by atoms with van der Waals surface area (Å²) in [6.07, 6.45) is 0.228. The fourth-order valence-corrected chi connectivity index (χ4v) is 2.71. The number of carbonyl (C=O) groups excluding carboxylic acids is 2. The molecule has 1 aliphatic carbocycles. The number of nitrogens with zero attached hydrogens (tertiary/aromatic N) is 1. The van der Waals surface area contributed by atoms with E-state index in [1.807, 2.05) is 0 Å². The first kappa shape index (κ1) is 17.8. The maximum absolute atomic E-state index is 11.8. The van der Waals surface area contributed by atoms with Crippen LogP contribution in [0.1, 0.15) is 13.3 Å². The Balaban J connectivity index is 1.96. The van der Waals surface area contributed by atoms with Gasteiger partial charge in [0, 0.05) is 17.5 Å². The molecule has 23 heavy (non-hydrogen) atoms. The van der Waals surface area contributed by atoms with E-state index in [0.717, 1.165) is 6.07 Å². The van der Waals surface area contributed by atoms with E-state index in [1.165, 1.54) is 19.1 Å². The van der Waals surface area contributed by atoms with Crippen LogP contribution in [0.2, 0.25) is 5.02 Å². The number of alkyl halides is 2. The lowest BCUT2D eigenvalue weighted by molar-refractivity contribution is -0.383. The first-order valence-corrected chi connectivity index (χ1v) is 7.49. The smallest absolute Gasteiger partial charge is 0.315 e. The van der Waals surface area contributed by atoms with Crippen molar-refractivity contribution in [2.75, 3.05) is 11.9 Å². The highest BCUT2D eigenvalue weighted by atomic mass is 35.5. The third-order valence-corrected chi connectivity index (χ3v) is 4.81. The predicted octanol–water partition coefficient (Wildman–Crippen LogP) is 3.31. The number of carbonyl (C=O) groups is 2. The number of amides is 1. The van der Waals surface area contributed by atoms with Crippen molar-refractivity contribution in [1.29, 1.82) is 0 Å². The van der Waals surface area contributed by atoms with Crippen LogP contribution in [0.3, 0.4) is 0 Å². The van der Waals surface area contributed by atoms with Gasteiger partial charge in [-0.1, -0.05) is 11.6 Å². The Hall–Kier alpha value is -1.57. The molecule has 1 aliphatic rings. The lowest BCUT2D eigenvalue weighted by Crippen LogP contribution is -2.27. The molecule has 10 heteroatoms. The van der Waals surface area contributed by atoms with Crippen LogP contribution in [-0.4, -0.2) is 27.7 Å². The minimum Gasteiger partial charge on any atom is -0.455 e. The van der Waals surface area contributed by atoms with Gasteiger partial charge < -0.3 is 10.1 Å². The quantitative estimate of drug-likeness (QED) is 0.365. The van der Waals surface area contributed by atoms with Crippen LogP contribution >= 0.6 is 34.8 Å². The Kier molecular flexibility index (Phi) is 4.75. The average molecular weight is 382 g/mol. The summed E-state index contributed by atoms with van der Waals surface area (Å²) in [5, 5.41) is 13.4. The van der Waals surface area contributed by atoms with E-state index in [-0.39, 0.29) is 22.8 Å². The van der Waals surface area contributed by atoms with Gasteiger partial charge >= 0.3 is 5.97 Å². The highest BCUT2D eigenvalue weighted by Gasteiger charge is 2.69. The zero-order valence-electron chi connectivity index (χ0n) is 11.8. The number of anilines is 1. The molecule has 1 atom stereocenters. The maximum Gasteiger partial charge on any atom is 0.315 e. The second-order valence-electron chi connectivity index (χ2n) is 5.26. The molecule has 1 fully saturated rings. The number of benzene rings is 1. The number of hydrogen-bond acceptors (Lipinski definition) is 5. The molecule has 1 saturated carbocycles. The fraction of sp³-hybridized carbons (Fsp3) is 0.385. The molecule has 0 aliphatic heterocycles. The van der Waals surface area contributed by atoms with Gasteiger partial charge in [-0.25, -0.2) is 0 Å². The van der Waals surface area contributed by atoms with Crippen LogP contribution in [0.5, 0.6) is 0 Å². The molecule has 1 aromatic rings. The number of nitro groups is 1. The number of esters is 1. The summed E-state index contributed by atoms with van der Waals surface area (Å²) in [5.74, 6) is -1.44. The topological polar surface area (TPSA) is 98.5 Å². The van der Waals surface area contributed by atoms with E-state index >= 15 is 0 Å². The molecule has 0 saturated heterocycles. The van der Waals surface area contributed by atoms with E-state index in [0.29, 0.717) is 0 Å². The summed E-state index contributed by atoms with van der Waals surface area (Å²) in [6, 6.07) is 3.77. The van der Waals surface area contributed by atoms with Crippen molar-refractivity contribution in [1.82, 2.24) is 0 Å². The molecular formula is C13H11Cl3N2O5. The SMILES string of the molecule is C[C@@]1(C(=O)OCC(=O)Nc2ccc(Cl)cc2[N+](=O)[O-])CC1(Cl)Cl. The number of ether oxygens (including phenoxy) is 1. The molecule has 1 aromatic carbocycles.